The fourth-order valence-corrected chi connectivity index (χ4v) is 1.52. The van der Waals surface area contributed by atoms with Crippen molar-refractivity contribution in [1.29, 1.82) is 0 Å². The molecule has 1 N–H and O–H groups in total. The predicted molar refractivity (Wildman–Crippen MR) is 52.3 cm³/mol. The van der Waals surface area contributed by atoms with Crippen LogP contribution in [0.25, 0.3) is 0 Å². The van der Waals surface area contributed by atoms with Gasteiger partial charge in [0.1, 0.15) is 0 Å². The summed E-state index contributed by atoms with van der Waals surface area (Å²) in [7, 11) is 1.34. The van der Waals surface area contributed by atoms with E-state index >= 15 is 0 Å². The first-order valence-electron chi connectivity index (χ1n) is 4.90. The second-order valence-electron chi connectivity index (χ2n) is 3.31. The molecule has 1 aliphatic heterocycles. The molecule has 0 bridgehead atoms. The van der Waals surface area contributed by atoms with Gasteiger partial charge in [0, 0.05) is 32.6 Å². The number of hydrogen-bond acceptors (Lipinski definition) is 4. The third-order valence-corrected chi connectivity index (χ3v) is 2.39. The van der Waals surface area contributed by atoms with Crippen molar-refractivity contribution in [3.8, 4) is 0 Å². The Morgan fingerprint density at radius 3 is 2.20 bits per heavy atom. The Labute approximate surface area is 88.4 Å². The monoisotopic (exact) mass is 216 g/mol. The third kappa shape index (κ3) is 3.09. The zero-order chi connectivity index (χ0) is 11.3. The topological polar surface area (TPSA) is 70.1 Å². The normalized spacial score (nSPS) is 16.4. The first-order chi connectivity index (χ1) is 7.19. The molecule has 1 aliphatic rings. The van der Waals surface area contributed by atoms with E-state index in [4.69, 9.17) is 5.11 Å². The number of methoxy groups -OCH3 is 1. The summed E-state index contributed by atoms with van der Waals surface area (Å²) in [6, 6.07) is 0. The maximum absolute atomic E-state index is 11.4. The molecule has 0 radical (unpaired) electrons. The van der Waals surface area contributed by atoms with E-state index < -0.39 is 0 Å². The molecular formula is C9H16N2O4. The molecule has 0 saturated carbocycles. The fourth-order valence-electron chi connectivity index (χ4n) is 1.52. The molecule has 0 spiro atoms. The molecule has 0 unspecified atom stereocenters. The quantitative estimate of drug-likeness (QED) is 0.661. The van der Waals surface area contributed by atoms with Gasteiger partial charge in [-0.15, -0.1) is 0 Å². The van der Waals surface area contributed by atoms with Gasteiger partial charge in [-0.1, -0.05) is 0 Å². The molecule has 0 aromatic rings. The number of hydrogen-bond donors (Lipinski definition) is 1. The molecule has 2 amide bonds. The highest BCUT2D eigenvalue weighted by molar-refractivity contribution is 5.76. The molecular weight excluding hydrogens is 200 g/mol. The molecule has 0 aliphatic carbocycles. The van der Waals surface area contributed by atoms with Crippen LogP contribution >= 0.6 is 0 Å². The van der Waals surface area contributed by atoms with Crippen LogP contribution in [0.15, 0.2) is 0 Å². The highest BCUT2D eigenvalue weighted by Crippen LogP contribution is 2.04. The van der Waals surface area contributed by atoms with Crippen molar-refractivity contribution < 1.29 is 19.4 Å². The number of aliphatic hydroxyl groups excluding tert-OH is 1. The predicted octanol–water partition coefficient (Wildman–Crippen LogP) is -0.721. The smallest absolute Gasteiger partial charge is 0.409 e. The summed E-state index contributed by atoms with van der Waals surface area (Å²) in [4.78, 5) is 25.7. The van der Waals surface area contributed by atoms with Crippen LogP contribution in [0.1, 0.15) is 6.42 Å². The number of nitrogens with zero attached hydrogens (tertiary/aromatic N) is 2. The summed E-state index contributed by atoms with van der Waals surface area (Å²) in [5.41, 5.74) is 0. The van der Waals surface area contributed by atoms with E-state index in [1.807, 2.05) is 0 Å². The van der Waals surface area contributed by atoms with Crippen LogP contribution in [0.5, 0.6) is 0 Å². The van der Waals surface area contributed by atoms with E-state index in [-0.39, 0.29) is 25.0 Å². The first-order valence-corrected chi connectivity index (χ1v) is 4.90. The van der Waals surface area contributed by atoms with Gasteiger partial charge in [0.05, 0.1) is 13.7 Å². The average molecular weight is 216 g/mol. The molecule has 0 aromatic heterocycles. The molecule has 1 heterocycles. The number of rotatable bonds is 2. The van der Waals surface area contributed by atoms with Gasteiger partial charge in [0.25, 0.3) is 0 Å². The Balaban J connectivity index is 2.35. The Kier molecular flexibility index (Phi) is 4.36. The van der Waals surface area contributed by atoms with Gasteiger partial charge in [-0.2, -0.15) is 0 Å². The fraction of sp³-hybridized carbons (Fsp3) is 0.778. The van der Waals surface area contributed by atoms with Crippen LogP contribution in [0.3, 0.4) is 0 Å². The van der Waals surface area contributed by atoms with Crippen molar-refractivity contribution in [2.75, 3.05) is 39.9 Å². The lowest BCUT2D eigenvalue weighted by Gasteiger charge is -2.33. The van der Waals surface area contributed by atoms with Crippen molar-refractivity contribution in [2.45, 2.75) is 6.42 Å². The standard InChI is InChI=1S/C9H16N2O4/c1-15-9(14)11-5-3-10(4-6-11)8(13)2-7-12/h12H,2-7H2,1H3. The van der Waals surface area contributed by atoms with Gasteiger partial charge in [-0.05, 0) is 0 Å². The van der Waals surface area contributed by atoms with Crippen molar-refractivity contribution >= 4 is 12.0 Å². The van der Waals surface area contributed by atoms with Crippen molar-refractivity contribution in [2.24, 2.45) is 0 Å². The van der Waals surface area contributed by atoms with Crippen molar-refractivity contribution in [3.63, 3.8) is 0 Å². The minimum absolute atomic E-state index is 0.0676. The highest BCUT2D eigenvalue weighted by atomic mass is 16.5. The lowest BCUT2D eigenvalue weighted by atomic mass is 10.3. The van der Waals surface area contributed by atoms with Gasteiger partial charge in [0.15, 0.2) is 0 Å². The van der Waals surface area contributed by atoms with Gasteiger partial charge < -0.3 is 19.6 Å². The van der Waals surface area contributed by atoms with E-state index in [0.717, 1.165) is 0 Å². The number of ether oxygens (including phenoxy) is 1. The average Bonchev–Trinajstić information content (AvgIpc) is 2.28. The molecule has 1 fully saturated rings. The largest absolute Gasteiger partial charge is 0.453 e. The summed E-state index contributed by atoms with van der Waals surface area (Å²) in [5.74, 6) is -0.0676. The van der Waals surface area contributed by atoms with Gasteiger partial charge in [-0.25, -0.2) is 4.79 Å². The SMILES string of the molecule is COC(=O)N1CCN(C(=O)CCO)CC1. The van der Waals surface area contributed by atoms with E-state index in [2.05, 4.69) is 4.74 Å². The maximum atomic E-state index is 11.4. The number of aliphatic hydroxyl groups is 1. The Morgan fingerprint density at radius 2 is 1.73 bits per heavy atom. The Bertz CT molecular complexity index is 236. The molecule has 86 valence electrons. The molecule has 1 rings (SSSR count). The molecule has 0 aromatic carbocycles. The van der Waals surface area contributed by atoms with Gasteiger partial charge >= 0.3 is 6.09 Å². The maximum Gasteiger partial charge on any atom is 0.409 e. The third-order valence-electron chi connectivity index (χ3n) is 2.39. The zero-order valence-electron chi connectivity index (χ0n) is 8.81. The highest BCUT2D eigenvalue weighted by Gasteiger charge is 2.23. The van der Waals surface area contributed by atoms with Crippen molar-refractivity contribution in [1.82, 2.24) is 9.80 Å². The molecule has 15 heavy (non-hydrogen) atoms. The summed E-state index contributed by atoms with van der Waals surface area (Å²) in [6.45, 7) is 1.87. The minimum atomic E-state index is -0.357. The summed E-state index contributed by atoms with van der Waals surface area (Å²) in [5, 5.41) is 8.61. The van der Waals surface area contributed by atoms with Gasteiger partial charge in [-0.3, -0.25) is 4.79 Å². The molecule has 6 heteroatoms. The number of carbonyl (C=O) groups excluding carboxylic acids is 2. The van der Waals surface area contributed by atoms with Gasteiger partial charge in [0.2, 0.25) is 5.91 Å². The van der Waals surface area contributed by atoms with Crippen LogP contribution in [0, 0.1) is 0 Å². The number of carbonyl (C=O) groups is 2. The molecule has 6 nitrogen and oxygen atoms in total. The van der Waals surface area contributed by atoms with Crippen LogP contribution in [-0.2, 0) is 9.53 Å². The number of piperazine rings is 1. The van der Waals surface area contributed by atoms with E-state index in [1.54, 1.807) is 9.80 Å². The van der Waals surface area contributed by atoms with E-state index in [0.29, 0.717) is 26.2 Å². The molecule has 1 saturated heterocycles. The zero-order valence-corrected chi connectivity index (χ0v) is 8.81. The van der Waals surface area contributed by atoms with Crippen LogP contribution in [0.2, 0.25) is 0 Å². The second-order valence-corrected chi connectivity index (χ2v) is 3.31. The van der Waals surface area contributed by atoms with Crippen molar-refractivity contribution in [3.05, 3.63) is 0 Å². The summed E-state index contributed by atoms with van der Waals surface area (Å²) < 4.78 is 4.58. The lowest BCUT2D eigenvalue weighted by Crippen LogP contribution is -2.50. The van der Waals surface area contributed by atoms with E-state index in [1.165, 1.54) is 7.11 Å². The van der Waals surface area contributed by atoms with Crippen LogP contribution < -0.4 is 0 Å². The lowest BCUT2D eigenvalue weighted by molar-refractivity contribution is -0.133. The molecule has 0 atom stereocenters. The van der Waals surface area contributed by atoms with Crippen LogP contribution in [-0.4, -0.2) is 66.8 Å². The second kappa shape index (κ2) is 5.55. The Morgan fingerprint density at radius 1 is 1.20 bits per heavy atom. The Hall–Kier alpha value is -1.30. The summed E-state index contributed by atoms with van der Waals surface area (Å²) >= 11 is 0. The summed E-state index contributed by atoms with van der Waals surface area (Å²) in [6.07, 6.45) is -0.206. The number of amides is 2. The van der Waals surface area contributed by atoms with Crippen LogP contribution in [0.4, 0.5) is 4.79 Å². The van der Waals surface area contributed by atoms with E-state index in [9.17, 15) is 9.59 Å². The first kappa shape index (κ1) is 11.8. The minimum Gasteiger partial charge on any atom is -0.453 e.